The van der Waals surface area contributed by atoms with Crippen molar-refractivity contribution in [3.63, 3.8) is 0 Å². The van der Waals surface area contributed by atoms with E-state index in [9.17, 15) is 9.59 Å². The molecular formula is C9H12N2O2. The summed E-state index contributed by atoms with van der Waals surface area (Å²) in [7, 11) is 0. The first-order valence-electron chi connectivity index (χ1n) is 4.32. The highest BCUT2D eigenvalue weighted by atomic mass is 16.2. The molecule has 4 nitrogen and oxygen atoms in total. The first kappa shape index (κ1) is 9.72. The average Bonchev–Trinajstić information content (AvgIpc) is 2.09. The lowest BCUT2D eigenvalue weighted by Gasteiger charge is -2.30. The van der Waals surface area contributed by atoms with Gasteiger partial charge in [0.1, 0.15) is 5.92 Å². The zero-order chi connectivity index (χ0) is 10.0. The van der Waals surface area contributed by atoms with Crippen LogP contribution in [0.3, 0.4) is 0 Å². The Hall–Kier alpha value is -1.37. The van der Waals surface area contributed by atoms with Crippen LogP contribution in [0.2, 0.25) is 0 Å². The van der Waals surface area contributed by atoms with Crippen molar-refractivity contribution in [1.82, 2.24) is 4.90 Å². The third kappa shape index (κ3) is 1.69. The number of ketones is 1. The van der Waals surface area contributed by atoms with Crippen molar-refractivity contribution in [1.29, 1.82) is 5.26 Å². The summed E-state index contributed by atoms with van der Waals surface area (Å²) < 4.78 is 0. The van der Waals surface area contributed by atoms with E-state index in [1.54, 1.807) is 0 Å². The van der Waals surface area contributed by atoms with Crippen molar-refractivity contribution >= 4 is 11.7 Å². The van der Waals surface area contributed by atoms with E-state index >= 15 is 0 Å². The van der Waals surface area contributed by atoms with E-state index in [0.29, 0.717) is 13.0 Å². The molecule has 1 saturated heterocycles. The lowest BCUT2D eigenvalue weighted by molar-refractivity contribution is -0.150. The Morgan fingerprint density at radius 3 is 2.62 bits per heavy atom. The average molecular weight is 180 g/mol. The summed E-state index contributed by atoms with van der Waals surface area (Å²) >= 11 is 0. The Kier molecular flexibility index (Phi) is 2.66. The first-order valence-corrected chi connectivity index (χ1v) is 4.32. The molecule has 0 aromatic carbocycles. The van der Waals surface area contributed by atoms with Gasteiger partial charge in [-0.3, -0.25) is 9.59 Å². The molecule has 4 heteroatoms. The van der Waals surface area contributed by atoms with Crippen LogP contribution in [0.5, 0.6) is 0 Å². The number of amides is 1. The number of likely N-dealkylation sites (tertiary alicyclic amines) is 1. The van der Waals surface area contributed by atoms with Gasteiger partial charge in [0, 0.05) is 12.6 Å². The van der Waals surface area contributed by atoms with Crippen LogP contribution in [-0.2, 0) is 9.59 Å². The second-order valence-electron chi connectivity index (χ2n) is 3.43. The van der Waals surface area contributed by atoms with Crippen LogP contribution in [-0.4, -0.2) is 29.2 Å². The van der Waals surface area contributed by atoms with E-state index in [1.807, 2.05) is 19.9 Å². The highest BCUT2D eigenvalue weighted by molar-refractivity contribution is 6.38. The van der Waals surface area contributed by atoms with Gasteiger partial charge in [0.15, 0.2) is 0 Å². The Morgan fingerprint density at radius 1 is 1.54 bits per heavy atom. The number of Topliss-reactive ketones (excluding diaryl/α,β-unsaturated/α-hetero) is 1. The van der Waals surface area contributed by atoms with Gasteiger partial charge < -0.3 is 4.90 Å². The summed E-state index contributed by atoms with van der Waals surface area (Å²) in [6.45, 7) is 4.23. The fourth-order valence-corrected chi connectivity index (χ4v) is 1.41. The molecule has 0 unspecified atom stereocenters. The maximum atomic E-state index is 11.4. The molecule has 1 amide bonds. The molecule has 0 N–H and O–H groups in total. The minimum atomic E-state index is -0.720. The Balaban J connectivity index is 2.78. The number of nitriles is 1. The molecule has 70 valence electrons. The maximum Gasteiger partial charge on any atom is 0.291 e. The van der Waals surface area contributed by atoms with E-state index in [0.717, 1.165) is 0 Å². The van der Waals surface area contributed by atoms with Gasteiger partial charge in [0.25, 0.3) is 5.91 Å². The second-order valence-corrected chi connectivity index (χ2v) is 3.43. The number of carbonyl (C=O) groups excluding carboxylic acids is 2. The number of hydrogen-bond donors (Lipinski definition) is 0. The normalized spacial score (nSPS) is 23.5. The van der Waals surface area contributed by atoms with Crippen molar-refractivity contribution in [2.24, 2.45) is 5.92 Å². The van der Waals surface area contributed by atoms with Crippen molar-refractivity contribution in [3.05, 3.63) is 0 Å². The van der Waals surface area contributed by atoms with Crippen LogP contribution in [0.25, 0.3) is 0 Å². The van der Waals surface area contributed by atoms with Gasteiger partial charge >= 0.3 is 0 Å². The number of piperidine rings is 1. The monoisotopic (exact) mass is 180 g/mol. The quantitative estimate of drug-likeness (QED) is 0.546. The van der Waals surface area contributed by atoms with E-state index in [-0.39, 0.29) is 6.04 Å². The van der Waals surface area contributed by atoms with Gasteiger partial charge in [0.2, 0.25) is 5.78 Å². The molecule has 1 aliphatic rings. The minimum absolute atomic E-state index is 0.0380. The SMILES string of the molecule is CC(C)N1CC[C@@H](C#N)C(=O)C1=O. The van der Waals surface area contributed by atoms with E-state index in [4.69, 9.17) is 5.26 Å². The number of hydrogen-bond acceptors (Lipinski definition) is 3. The standard InChI is InChI=1S/C9H12N2O2/c1-6(2)11-4-3-7(5-10)8(12)9(11)13/h6-7H,3-4H2,1-2H3/t7-/m0/s1. The summed E-state index contributed by atoms with van der Waals surface area (Å²) in [5.74, 6) is -1.78. The first-order chi connectivity index (χ1) is 6.07. The van der Waals surface area contributed by atoms with E-state index < -0.39 is 17.6 Å². The molecule has 1 rings (SSSR count). The van der Waals surface area contributed by atoms with Crippen LogP contribution in [0.15, 0.2) is 0 Å². The fraction of sp³-hybridized carbons (Fsp3) is 0.667. The van der Waals surface area contributed by atoms with Crippen molar-refractivity contribution < 1.29 is 9.59 Å². The van der Waals surface area contributed by atoms with Crippen LogP contribution >= 0.6 is 0 Å². The summed E-state index contributed by atoms with van der Waals surface area (Å²) in [4.78, 5) is 24.1. The summed E-state index contributed by atoms with van der Waals surface area (Å²) in [5, 5.41) is 8.56. The molecule has 1 heterocycles. The molecule has 0 aliphatic carbocycles. The summed E-state index contributed by atoms with van der Waals surface area (Å²) in [6.07, 6.45) is 0.471. The molecular weight excluding hydrogens is 168 g/mol. The Morgan fingerprint density at radius 2 is 2.15 bits per heavy atom. The fourth-order valence-electron chi connectivity index (χ4n) is 1.41. The van der Waals surface area contributed by atoms with Gasteiger partial charge in [-0.25, -0.2) is 0 Å². The lowest BCUT2D eigenvalue weighted by atomic mass is 9.95. The van der Waals surface area contributed by atoms with Crippen LogP contribution < -0.4 is 0 Å². The molecule has 1 atom stereocenters. The minimum Gasteiger partial charge on any atom is -0.334 e. The third-order valence-corrected chi connectivity index (χ3v) is 2.23. The van der Waals surface area contributed by atoms with Gasteiger partial charge in [0.05, 0.1) is 6.07 Å². The van der Waals surface area contributed by atoms with Crippen molar-refractivity contribution in [3.8, 4) is 6.07 Å². The highest BCUT2D eigenvalue weighted by Gasteiger charge is 2.35. The number of carbonyl (C=O) groups is 2. The zero-order valence-corrected chi connectivity index (χ0v) is 7.78. The Labute approximate surface area is 77.1 Å². The van der Waals surface area contributed by atoms with Crippen LogP contribution in [0.4, 0.5) is 0 Å². The molecule has 0 radical (unpaired) electrons. The van der Waals surface area contributed by atoms with Crippen LogP contribution in [0.1, 0.15) is 20.3 Å². The van der Waals surface area contributed by atoms with Crippen molar-refractivity contribution in [2.45, 2.75) is 26.3 Å². The molecule has 0 bridgehead atoms. The van der Waals surface area contributed by atoms with Gasteiger partial charge in [-0.2, -0.15) is 5.26 Å². The van der Waals surface area contributed by atoms with Crippen molar-refractivity contribution in [2.75, 3.05) is 6.54 Å². The van der Waals surface area contributed by atoms with Gasteiger partial charge in [-0.1, -0.05) is 0 Å². The molecule has 0 aromatic rings. The van der Waals surface area contributed by atoms with E-state index in [2.05, 4.69) is 0 Å². The third-order valence-electron chi connectivity index (χ3n) is 2.23. The number of rotatable bonds is 1. The predicted octanol–water partition coefficient (Wildman–Crippen LogP) is 0.336. The molecule has 1 fully saturated rings. The highest BCUT2D eigenvalue weighted by Crippen LogP contribution is 2.16. The van der Waals surface area contributed by atoms with Crippen LogP contribution in [0, 0.1) is 17.2 Å². The smallest absolute Gasteiger partial charge is 0.291 e. The summed E-state index contributed by atoms with van der Waals surface area (Å²) in [6, 6.07) is 1.88. The molecule has 0 aromatic heterocycles. The largest absolute Gasteiger partial charge is 0.334 e. The zero-order valence-electron chi connectivity index (χ0n) is 7.78. The molecule has 1 aliphatic heterocycles. The van der Waals surface area contributed by atoms with Gasteiger partial charge in [-0.15, -0.1) is 0 Å². The number of nitrogens with zero attached hydrogens (tertiary/aromatic N) is 2. The maximum absolute atomic E-state index is 11.4. The van der Waals surface area contributed by atoms with Gasteiger partial charge in [-0.05, 0) is 20.3 Å². The second kappa shape index (κ2) is 3.56. The predicted molar refractivity (Wildman–Crippen MR) is 45.6 cm³/mol. The molecule has 0 spiro atoms. The topological polar surface area (TPSA) is 61.2 Å². The molecule has 0 saturated carbocycles. The molecule has 13 heavy (non-hydrogen) atoms. The summed E-state index contributed by atoms with van der Waals surface area (Å²) in [5.41, 5.74) is 0. The Bertz CT molecular complexity index is 278. The lowest BCUT2D eigenvalue weighted by Crippen LogP contribution is -2.48. The van der Waals surface area contributed by atoms with E-state index in [1.165, 1.54) is 4.90 Å².